The Kier molecular flexibility index (Phi) is 5.51. The minimum Gasteiger partial charge on any atom is -0.462 e. The van der Waals surface area contributed by atoms with Gasteiger partial charge in [0.15, 0.2) is 0 Å². The van der Waals surface area contributed by atoms with Crippen LogP contribution in [0.25, 0.3) is 0 Å². The lowest BCUT2D eigenvalue weighted by Crippen LogP contribution is -2.20. The molecular formula is C13H15ClN2O3. The maximum Gasteiger partial charge on any atom is 0.343 e. The molecule has 1 aromatic rings. The third-order valence-electron chi connectivity index (χ3n) is 2.10. The number of hydrogen-bond donors (Lipinski definition) is 0. The molecule has 0 atom stereocenters. The van der Waals surface area contributed by atoms with Gasteiger partial charge in [-0.3, -0.25) is 9.78 Å². The molecule has 5 nitrogen and oxygen atoms in total. The van der Waals surface area contributed by atoms with E-state index in [0.29, 0.717) is 0 Å². The quantitative estimate of drug-likeness (QED) is 0.271. The van der Waals surface area contributed by atoms with E-state index in [1.54, 1.807) is 38.1 Å². The molecule has 0 fully saturated rings. The van der Waals surface area contributed by atoms with Gasteiger partial charge in [0.05, 0.1) is 11.6 Å². The van der Waals surface area contributed by atoms with E-state index >= 15 is 0 Å². The second kappa shape index (κ2) is 6.89. The summed E-state index contributed by atoms with van der Waals surface area (Å²) in [7, 11) is 3.40. The van der Waals surface area contributed by atoms with E-state index in [1.807, 2.05) is 0 Å². The molecule has 0 saturated carbocycles. The van der Waals surface area contributed by atoms with Crippen LogP contribution in [0.15, 0.2) is 30.1 Å². The number of hydrogen-bond acceptors (Lipinski definition) is 5. The van der Waals surface area contributed by atoms with Gasteiger partial charge in [-0.1, -0.05) is 11.6 Å². The average Bonchev–Trinajstić information content (AvgIpc) is 2.36. The largest absolute Gasteiger partial charge is 0.462 e. The predicted molar refractivity (Wildman–Crippen MR) is 72.0 cm³/mol. The van der Waals surface area contributed by atoms with Gasteiger partial charge in [-0.15, -0.1) is 0 Å². The molecule has 0 aliphatic carbocycles. The number of ketones is 1. The maximum absolute atomic E-state index is 12.3. The van der Waals surface area contributed by atoms with Crippen LogP contribution in [0.3, 0.4) is 0 Å². The highest BCUT2D eigenvalue weighted by atomic mass is 35.5. The molecule has 1 aromatic heterocycles. The number of aromatic nitrogens is 1. The van der Waals surface area contributed by atoms with Crippen molar-refractivity contribution in [1.29, 1.82) is 0 Å². The first kappa shape index (κ1) is 15.2. The minimum absolute atomic E-state index is 0.0327. The second-order valence-corrected chi connectivity index (χ2v) is 4.30. The van der Waals surface area contributed by atoms with Crippen LogP contribution >= 0.6 is 11.6 Å². The fraction of sp³-hybridized carbons (Fsp3) is 0.308. The van der Waals surface area contributed by atoms with Crippen molar-refractivity contribution in [2.24, 2.45) is 0 Å². The lowest BCUT2D eigenvalue weighted by molar-refractivity contribution is -0.138. The van der Waals surface area contributed by atoms with Gasteiger partial charge in [-0.2, -0.15) is 0 Å². The van der Waals surface area contributed by atoms with E-state index < -0.39 is 11.8 Å². The fourth-order valence-corrected chi connectivity index (χ4v) is 1.56. The molecule has 0 bridgehead atoms. The predicted octanol–water partition coefficient (Wildman–Crippen LogP) is 1.93. The monoisotopic (exact) mass is 282 g/mol. The van der Waals surface area contributed by atoms with E-state index in [0.717, 1.165) is 0 Å². The summed E-state index contributed by atoms with van der Waals surface area (Å²) in [5.41, 5.74) is -0.0715. The normalized spacial score (nSPS) is 11.1. The number of Topliss-reactive ketones (excluding diaryl/α,β-unsaturated/α-hetero) is 1. The highest BCUT2D eigenvalue weighted by Gasteiger charge is 2.24. The van der Waals surface area contributed by atoms with Gasteiger partial charge >= 0.3 is 5.97 Å². The SMILES string of the molecule is CCOC(=O)/C(=C\N(C)C)C(=O)c1ncccc1Cl. The Bertz CT molecular complexity index is 512. The van der Waals surface area contributed by atoms with Crippen molar-refractivity contribution in [3.8, 4) is 0 Å². The van der Waals surface area contributed by atoms with Crippen LogP contribution in [0, 0.1) is 0 Å². The molecule has 0 saturated heterocycles. The van der Waals surface area contributed by atoms with Crippen LogP contribution in [0.5, 0.6) is 0 Å². The van der Waals surface area contributed by atoms with E-state index in [-0.39, 0.29) is 22.9 Å². The second-order valence-electron chi connectivity index (χ2n) is 3.89. The molecule has 0 unspecified atom stereocenters. The lowest BCUT2D eigenvalue weighted by Gasteiger charge is -2.10. The van der Waals surface area contributed by atoms with Gasteiger partial charge in [0.25, 0.3) is 0 Å². The van der Waals surface area contributed by atoms with Crippen molar-refractivity contribution in [3.63, 3.8) is 0 Å². The van der Waals surface area contributed by atoms with Crippen LogP contribution in [0.1, 0.15) is 17.4 Å². The molecule has 0 spiro atoms. The molecule has 102 valence electrons. The van der Waals surface area contributed by atoms with Crippen LogP contribution < -0.4 is 0 Å². The first-order chi connectivity index (χ1) is 8.97. The molecule has 0 aromatic carbocycles. The van der Waals surface area contributed by atoms with Crippen molar-refractivity contribution < 1.29 is 14.3 Å². The summed E-state index contributed by atoms with van der Waals surface area (Å²) < 4.78 is 4.86. The first-order valence-corrected chi connectivity index (χ1v) is 6.05. The molecule has 6 heteroatoms. The Hall–Kier alpha value is -1.88. The van der Waals surface area contributed by atoms with Gasteiger partial charge in [-0.05, 0) is 19.1 Å². The molecule has 0 N–H and O–H groups in total. The smallest absolute Gasteiger partial charge is 0.343 e. The summed E-state index contributed by atoms with van der Waals surface area (Å²) in [6.07, 6.45) is 2.84. The van der Waals surface area contributed by atoms with Crippen LogP contribution in [-0.4, -0.2) is 42.3 Å². The number of esters is 1. The molecule has 0 amide bonds. The molecule has 0 radical (unpaired) electrons. The number of pyridine rings is 1. The number of carbonyl (C=O) groups is 2. The Morgan fingerprint density at radius 1 is 1.47 bits per heavy atom. The molecule has 0 aliphatic heterocycles. The van der Waals surface area contributed by atoms with E-state index in [9.17, 15) is 9.59 Å². The third-order valence-corrected chi connectivity index (χ3v) is 2.41. The summed E-state index contributed by atoms with van der Waals surface area (Å²) >= 11 is 5.91. The topological polar surface area (TPSA) is 59.5 Å². The highest BCUT2D eigenvalue weighted by Crippen LogP contribution is 2.17. The van der Waals surface area contributed by atoms with Gasteiger partial charge < -0.3 is 9.64 Å². The van der Waals surface area contributed by atoms with E-state index in [4.69, 9.17) is 16.3 Å². The van der Waals surface area contributed by atoms with Crippen molar-refractivity contribution >= 4 is 23.4 Å². The zero-order valence-electron chi connectivity index (χ0n) is 11.0. The van der Waals surface area contributed by atoms with Gasteiger partial charge in [-0.25, -0.2) is 4.79 Å². The summed E-state index contributed by atoms with van der Waals surface area (Å²) in [5.74, 6) is -1.25. The van der Waals surface area contributed by atoms with Crippen LogP contribution in [0.2, 0.25) is 5.02 Å². The zero-order chi connectivity index (χ0) is 14.4. The highest BCUT2D eigenvalue weighted by molar-refractivity contribution is 6.36. The van der Waals surface area contributed by atoms with E-state index in [2.05, 4.69) is 4.98 Å². The summed E-state index contributed by atoms with van der Waals surface area (Å²) in [6.45, 7) is 1.86. The summed E-state index contributed by atoms with van der Waals surface area (Å²) in [5, 5.41) is 0.196. The number of ether oxygens (including phenoxy) is 1. The molecule has 1 heterocycles. The molecule has 0 aliphatic rings. The Morgan fingerprint density at radius 2 is 2.16 bits per heavy atom. The molecule has 19 heavy (non-hydrogen) atoms. The summed E-state index contributed by atoms with van der Waals surface area (Å²) in [4.78, 5) is 29.6. The zero-order valence-corrected chi connectivity index (χ0v) is 11.8. The van der Waals surface area contributed by atoms with Crippen LogP contribution in [0.4, 0.5) is 0 Å². The standard InChI is InChI=1S/C13H15ClN2O3/c1-4-19-13(18)9(8-16(2)3)12(17)11-10(14)6-5-7-15-11/h5-8H,4H2,1-3H3/b9-8-. The first-order valence-electron chi connectivity index (χ1n) is 5.68. The number of halogens is 1. The lowest BCUT2D eigenvalue weighted by atomic mass is 10.1. The Morgan fingerprint density at radius 3 is 2.68 bits per heavy atom. The third kappa shape index (κ3) is 4.06. The molecule has 1 rings (SSSR count). The molecular weight excluding hydrogens is 268 g/mol. The Balaban J connectivity index is 3.16. The van der Waals surface area contributed by atoms with Gasteiger partial charge in [0, 0.05) is 26.5 Å². The van der Waals surface area contributed by atoms with Gasteiger partial charge in [0.2, 0.25) is 5.78 Å². The van der Waals surface area contributed by atoms with E-state index in [1.165, 1.54) is 12.4 Å². The fourth-order valence-electron chi connectivity index (χ4n) is 1.35. The number of carbonyl (C=O) groups excluding carboxylic acids is 2. The van der Waals surface area contributed by atoms with Crippen molar-refractivity contribution in [3.05, 3.63) is 40.8 Å². The van der Waals surface area contributed by atoms with Crippen molar-refractivity contribution in [2.45, 2.75) is 6.92 Å². The number of rotatable bonds is 5. The van der Waals surface area contributed by atoms with Crippen LogP contribution in [-0.2, 0) is 9.53 Å². The van der Waals surface area contributed by atoms with Crippen molar-refractivity contribution in [1.82, 2.24) is 9.88 Å². The minimum atomic E-state index is -0.692. The average molecular weight is 283 g/mol. The summed E-state index contributed by atoms with van der Waals surface area (Å²) in [6, 6.07) is 3.15. The maximum atomic E-state index is 12.3. The van der Waals surface area contributed by atoms with Crippen molar-refractivity contribution in [2.75, 3.05) is 20.7 Å². The number of nitrogens with zero attached hydrogens (tertiary/aromatic N) is 2. The Labute approximate surface area is 116 Å². The van der Waals surface area contributed by atoms with Gasteiger partial charge in [0.1, 0.15) is 11.3 Å².